The van der Waals surface area contributed by atoms with Gasteiger partial charge in [-0.3, -0.25) is 4.98 Å². The second-order valence-corrected chi connectivity index (χ2v) is 6.09. The van der Waals surface area contributed by atoms with Crippen LogP contribution in [0.2, 0.25) is 0 Å². The molecule has 0 aromatic carbocycles. The molecule has 1 fully saturated rings. The van der Waals surface area contributed by atoms with Crippen LogP contribution in [-0.2, 0) is 4.74 Å². The number of anilines is 1. The minimum atomic E-state index is -0.443. The summed E-state index contributed by atoms with van der Waals surface area (Å²) >= 11 is 0. The number of pyridine rings is 1. The first kappa shape index (κ1) is 14.6. The number of carbonyl (C=O) groups excluding carboxylic acids is 1. The summed E-state index contributed by atoms with van der Waals surface area (Å²) in [6, 6.07) is 4.05. The number of nitrogens with zero attached hydrogens (tertiary/aromatic N) is 2. The summed E-state index contributed by atoms with van der Waals surface area (Å²) in [5.41, 5.74) is 0.532. The third-order valence-electron chi connectivity index (χ3n) is 3.21. The highest BCUT2D eigenvalue weighted by Crippen LogP contribution is 2.21. The average molecular weight is 277 g/mol. The Bertz CT molecular complexity index is 442. The molecule has 0 radical (unpaired) electrons. The van der Waals surface area contributed by atoms with Gasteiger partial charge in [-0.05, 0) is 45.7 Å². The van der Waals surface area contributed by atoms with Crippen LogP contribution in [0.5, 0.6) is 0 Å². The molecule has 1 aromatic heterocycles. The largest absolute Gasteiger partial charge is 0.444 e. The van der Waals surface area contributed by atoms with Crippen molar-refractivity contribution in [3.63, 3.8) is 0 Å². The zero-order valence-electron chi connectivity index (χ0n) is 12.4. The Balaban J connectivity index is 1.89. The lowest BCUT2D eigenvalue weighted by molar-refractivity contribution is 0.0235. The summed E-state index contributed by atoms with van der Waals surface area (Å²) in [4.78, 5) is 18.0. The predicted octanol–water partition coefficient (Wildman–Crippen LogP) is 2.89. The molecule has 0 spiro atoms. The topological polar surface area (TPSA) is 54.5 Å². The zero-order valence-corrected chi connectivity index (χ0v) is 12.4. The van der Waals surface area contributed by atoms with Crippen molar-refractivity contribution >= 4 is 11.8 Å². The van der Waals surface area contributed by atoms with E-state index in [-0.39, 0.29) is 12.1 Å². The summed E-state index contributed by atoms with van der Waals surface area (Å²) in [5.74, 6) is 0. The van der Waals surface area contributed by atoms with E-state index in [1.165, 1.54) is 0 Å². The van der Waals surface area contributed by atoms with E-state index in [1.54, 1.807) is 12.4 Å². The predicted molar refractivity (Wildman–Crippen MR) is 78.7 cm³/mol. The number of nitrogens with one attached hydrogen (secondary N) is 1. The monoisotopic (exact) mass is 277 g/mol. The second kappa shape index (κ2) is 6.11. The van der Waals surface area contributed by atoms with E-state index in [4.69, 9.17) is 4.74 Å². The molecule has 1 atom stereocenters. The van der Waals surface area contributed by atoms with E-state index in [2.05, 4.69) is 10.3 Å². The number of ether oxygens (including phenoxy) is 1. The minimum Gasteiger partial charge on any atom is -0.444 e. The lowest BCUT2D eigenvalue weighted by atomic mass is 10.2. The normalized spacial score (nSPS) is 18.9. The fourth-order valence-electron chi connectivity index (χ4n) is 2.31. The van der Waals surface area contributed by atoms with E-state index in [1.807, 2.05) is 37.8 Å². The van der Waals surface area contributed by atoms with Crippen LogP contribution >= 0.6 is 0 Å². The van der Waals surface area contributed by atoms with Gasteiger partial charge >= 0.3 is 6.09 Å². The van der Waals surface area contributed by atoms with Gasteiger partial charge in [0.1, 0.15) is 5.60 Å². The zero-order chi connectivity index (χ0) is 14.6. The highest BCUT2D eigenvalue weighted by Gasteiger charge is 2.31. The van der Waals surface area contributed by atoms with Gasteiger partial charge in [0.15, 0.2) is 0 Å². The fourth-order valence-corrected chi connectivity index (χ4v) is 2.31. The molecular weight excluding hydrogens is 254 g/mol. The number of carbonyl (C=O) groups is 1. The Morgan fingerprint density at radius 2 is 2.35 bits per heavy atom. The van der Waals surface area contributed by atoms with Crippen molar-refractivity contribution in [3.05, 3.63) is 24.5 Å². The van der Waals surface area contributed by atoms with E-state index < -0.39 is 5.60 Å². The average Bonchev–Trinajstić information content (AvgIpc) is 2.84. The van der Waals surface area contributed by atoms with Crippen molar-refractivity contribution in [2.45, 2.75) is 45.3 Å². The third kappa shape index (κ3) is 4.11. The highest BCUT2D eigenvalue weighted by atomic mass is 16.6. The summed E-state index contributed by atoms with van der Waals surface area (Å²) in [7, 11) is 0. The van der Waals surface area contributed by atoms with Crippen molar-refractivity contribution in [2.75, 3.05) is 18.4 Å². The number of hydrogen-bond acceptors (Lipinski definition) is 4. The molecule has 1 aromatic rings. The molecule has 1 aliphatic rings. The molecular formula is C15H23N3O2. The van der Waals surface area contributed by atoms with Gasteiger partial charge in [-0.15, -0.1) is 0 Å². The second-order valence-electron chi connectivity index (χ2n) is 6.09. The molecule has 5 heteroatoms. The molecule has 20 heavy (non-hydrogen) atoms. The van der Waals surface area contributed by atoms with Gasteiger partial charge in [0, 0.05) is 25.5 Å². The van der Waals surface area contributed by atoms with Gasteiger partial charge in [0.05, 0.1) is 11.7 Å². The molecule has 110 valence electrons. The van der Waals surface area contributed by atoms with Crippen molar-refractivity contribution in [1.82, 2.24) is 9.88 Å². The first-order valence-corrected chi connectivity index (χ1v) is 7.09. The van der Waals surface area contributed by atoms with Gasteiger partial charge in [-0.25, -0.2) is 4.79 Å². The van der Waals surface area contributed by atoms with Crippen molar-refractivity contribution in [3.8, 4) is 0 Å². The Hall–Kier alpha value is -1.78. The first-order valence-electron chi connectivity index (χ1n) is 7.09. The van der Waals surface area contributed by atoms with Crippen molar-refractivity contribution in [1.29, 1.82) is 0 Å². The molecule has 0 aliphatic carbocycles. The molecule has 1 saturated heterocycles. The number of amides is 1. The quantitative estimate of drug-likeness (QED) is 0.923. The highest BCUT2D eigenvalue weighted by molar-refractivity contribution is 5.69. The lowest BCUT2D eigenvalue weighted by Gasteiger charge is -2.28. The Morgan fingerprint density at radius 3 is 3.00 bits per heavy atom. The van der Waals surface area contributed by atoms with E-state index in [0.717, 1.165) is 31.6 Å². The van der Waals surface area contributed by atoms with Crippen LogP contribution in [0.25, 0.3) is 0 Å². The Kier molecular flexibility index (Phi) is 4.47. The standard InChI is InChI=1S/C15H23N3O2/c1-15(2,3)20-14(19)18-9-5-7-13(18)11-17-12-6-4-8-16-10-12/h4,6,8,10,13,17H,5,7,9,11H2,1-3H3/t13-/m1/s1. The Labute approximate surface area is 120 Å². The summed E-state index contributed by atoms with van der Waals surface area (Å²) in [5, 5.41) is 3.32. The molecule has 0 saturated carbocycles. The minimum absolute atomic E-state index is 0.185. The van der Waals surface area contributed by atoms with Gasteiger partial charge < -0.3 is 15.0 Å². The Morgan fingerprint density at radius 1 is 1.55 bits per heavy atom. The van der Waals surface area contributed by atoms with E-state index >= 15 is 0 Å². The molecule has 1 N–H and O–H groups in total. The van der Waals surface area contributed by atoms with Gasteiger partial charge in [-0.1, -0.05) is 0 Å². The van der Waals surface area contributed by atoms with Crippen molar-refractivity contribution in [2.24, 2.45) is 0 Å². The van der Waals surface area contributed by atoms with Crippen LogP contribution in [0, 0.1) is 0 Å². The molecule has 5 nitrogen and oxygen atoms in total. The van der Waals surface area contributed by atoms with Crippen LogP contribution < -0.4 is 5.32 Å². The summed E-state index contributed by atoms with van der Waals surface area (Å²) in [6.07, 6.45) is 5.35. The lowest BCUT2D eigenvalue weighted by Crippen LogP contribution is -2.42. The molecule has 2 heterocycles. The van der Waals surface area contributed by atoms with Crippen LogP contribution in [0.1, 0.15) is 33.6 Å². The third-order valence-corrected chi connectivity index (χ3v) is 3.21. The van der Waals surface area contributed by atoms with Crippen LogP contribution in [0.3, 0.4) is 0 Å². The number of likely N-dealkylation sites (tertiary alicyclic amines) is 1. The van der Waals surface area contributed by atoms with E-state index in [9.17, 15) is 4.79 Å². The summed E-state index contributed by atoms with van der Waals surface area (Å²) in [6.45, 7) is 7.18. The molecule has 0 unspecified atom stereocenters. The van der Waals surface area contributed by atoms with Crippen molar-refractivity contribution < 1.29 is 9.53 Å². The maximum atomic E-state index is 12.1. The van der Waals surface area contributed by atoms with Gasteiger partial charge in [-0.2, -0.15) is 0 Å². The van der Waals surface area contributed by atoms with Gasteiger partial charge in [0.25, 0.3) is 0 Å². The van der Waals surface area contributed by atoms with Gasteiger partial charge in [0.2, 0.25) is 0 Å². The maximum absolute atomic E-state index is 12.1. The summed E-state index contributed by atoms with van der Waals surface area (Å²) < 4.78 is 5.45. The SMILES string of the molecule is CC(C)(C)OC(=O)N1CCC[C@@H]1CNc1cccnc1. The van der Waals surface area contributed by atoms with Crippen LogP contribution in [0.15, 0.2) is 24.5 Å². The maximum Gasteiger partial charge on any atom is 0.410 e. The number of hydrogen-bond donors (Lipinski definition) is 1. The molecule has 2 rings (SSSR count). The molecule has 0 bridgehead atoms. The molecule has 1 aliphatic heterocycles. The van der Waals surface area contributed by atoms with E-state index in [0.29, 0.717) is 0 Å². The molecule has 1 amide bonds. The smallest absolute Gasteiger partial charge is 0.410 e. The fraction of sp³-hybridized carbons (Fsp3) is 0.600. The van der Waals surface area contributed by atoms with Crippen LogP contribution in [0.4, 0.5) is 10.5 Å². The van der Waals surface area contributed by atoms with Crippen LogP contribution in [-0.4, -0.2) is 40.7 Å². The number of aromatic nitrogens is 1. The first-order chi connectivity index (χ1) is 9.46. The number of rotatable bonds is 3.